The summed E-state index contributed by atoms with van der Waals surface area (Å²) >= 11 is 0. The van der Waals surface area contributed by atoms with Crippen molar-refractivity contribution in [2.45, 2.75) is 52.1 Å². The second-order valence-electron chi connectivity index (χ2n) is 6.45. The van der Waals surface area contributed by atoms with Crippen molar-refractivity contribution in [3.05, 3.63) is 34.2 Å². The molecule has 1 aliphatic rings. The van der Waals surface area contributed by atoms with E-state index in [1.165, 1.54) is 12.6 Å². The fourth-order valence-corrected chi connectivity index (χ4v) is 2.64. The van der Waals surface area contributed by atoms with E-state index in [-0.39, 0.29) is 36.4 Å². The van der Waals surface area contributed by atoms with Crippen molar-refractivity contribution in [3.8, 4) is 6.07 Å². The number of pyridine rings is 1. The van der Waals surface area contributed by atoms with Gasteiger partial charge in [-0.2, -0.15) is 5.26 Å². The highest BCUT2D eigenvalue weighted by atomic mass is 16.2. The Labute approximate surface area is 159 Å². The number of carbonyl (C=O) groups is 2. The Bertz CT molecular complexity index is 695. The van der Waals surface area contributed by atoms with Crippen molar-refractivity contribution in [2.75, 3.05) is 13.1 Å². The number of hydrogen-bond donors (Lipinski definition) is 4. The second-order valence-corrected chi connectivity index (χ2v) is 6.45. The van der Waals surface area contributed by atoms with E-state index >= 15 is 0 Å². The number of nitrogens with zero attached hydrogens (tertiary/aromatic N) is 1. The molecule has 8 heteroatoms. The molecule has 148 valence electrons. The Morgan fingerprint density at radius 1 is 1.41 bits per heavy atom. The normalized spacial score (nSPS) is 16.9. The first kappa shape index (κ1) is 22.4. The summed E-state index contributed by atoms with van der Waals surface area (Å²) in [4.78, 5) is 37.7. The van der Waals surface area contributed by atoms with Crippen LogP contribution in [0, 0.1) is 17.2 Å². The van der Waals surface area contributed by atoms with E-state index in [0.717, 1.165) is 12.8 Å². The van der Waals surface area contributed by atoms with Gasteiger partial charge in [0.2, 0.25) is 11.8 Å². The van der Waals surface area contributed by atoms with Gasteiger partial charge in [-0.25, -0.2) is 0 Å². The van der Waals surface area contributed by atoms with Gasteiger partial charge in [0.1, 0.15) is 6.04 Å². The number of aromatic nitrogens is 1. The smallest absolute Gasteiger partial charge is 0.252 e. The summed E-state index contributed by atoms with van der Waals surface area (Å²) in [5.74, 6) is -0.637. The average Bonchev–Trinajstić information content (AvgIpc) is 2.65. The molecule has 0 aromatic carbocycles. The van der Waals surface area contributed by atoms with Crippen LogP contribution in [0.2, 0.25) is 0 Å². The maximum absolute atomic E-state index is 11.9. The first-order chi connectivity index (χ1) is 13.0. The Balaban J connectivity index is 0.00000114. The minimum Gasteiger partial charge on any atom is -0.356 e. The number of amides is 2. The van der Waals surface area contributed by atoms with E-state index in [1.54, 1.807) is 12.1 Å². The number of nitriles is 1. The van der Waals surface area contributed by atoms with Crippen LogP contribution in [-0.2, 0) is 16.1 Å². The second kappa shape index (κ2) is 12.7. The summed E-state index contributed by atoms with van der Waals surface area (Å²) in [6.45, 7) is 5.16. The number of aromatic amines is 1. The molecule has 0 radical (unpaired) electrons. The number of H-pyrrole nitrogens is 1. The van der Waals surface area contributed by atoms with E-state index in [0.29, 0.717) is 18.5 Å². The fourth-order valence-electron chi connectivity index (χ4n) is 2.64. The number of piperidine rings is 1. The average molecular weight is 375 g/mol. The van der Waals surface area contributed by atoms with Crippen LogP contribution in [0.3, 0.4) is 0 Å². The molecule has 1 aliphatic heterocycles. The van der Waals surface area contributed by atoms with Crippen LogP contribution in [0.1, 0.15) is 45.1 Å². The molecular formula is C19H29N5O3. The third kappa shape index (κ3) is 8.51. The topological polar surface area (TPSA) is 127 Å². The van der Waals surface area contributed by atoms with Gasteiger partial charge in [0.25, 0.3) is 5.56 Å². The van der Waals surface area contributed by atoms with Crippen molar-refractivity contribution in [1.29, 1.82) is 5.26 Å². The highest BCUT2D eigenvalue weighted by Gasteiger charge is 2.26. The van der Waals surface area contributed by atoms with Gasteiger partial charge in [-0.1, -0.05) is 26.3 Å². The minimum atomic E-state index is -0.701. The highest BCUT2D eigenvalue weighted by molar-refractivity contribution is 5.80. The predicted octanol–water partition coefficient (Wildman–Crippen LogP) is 0.805. The van der Waals surface area contributed by atoms with Gasteiger partial charge in [0.15, 0.2) is 0 Å². The number of nitrogens with one attached hydrogen (secondary N) is 4. The molecule has 2 atom stereocenters. The van der Waals surface area contributed by atoms with Crippen molar-refractivity contribution >= 4 is 11.8 Å². The van der Waals surface area contributed by atoms with Crippen molar-refractivity contribution in [1.82, 2.24) is 20.9 Å². The molecule has 1 aromatic rings. The van der Waals surface area contributed by atoms with Gasteiger partial charge < -0.3 is 20.9 Å². The van der Waals surface area contributed by atoms with Crippen LogP contribution in [0.15, 0.2) is 23.1 Å². The lowest BCUT2D eigenvalue weighted by Gasteiger charge is -2.23. The first-order valence-electron chi connectivity index (χ1n) is 9.35. The first-order valence-corrected chi connectivity index (χ1v) is 9.35. The maximum atomic E-state index is 11.9. The molecule has 2 amide bonds. The van der Waals surface area contributed by atoms with Gasteiger partial charge in [-0.3, -0.25) is 14.4 Å². The lowest BCUT2D eigenvalue weighted by atomic mass is 9.92. The summed E-state index contributed by atoms with van der Waals surface area (Å²) in [7, 11) is 0. The molecule has 0 bridgehead atoms. The fraction of sp³-hybridized carbons (Fsp3) is 0.579. The molecule has 2 rings (SSSR count). The van der Waals surface area contributed by atoms with E-state index in [1.807, 2.05) is 6.07 Å². The van der Waals surface area contributed by atoms with Crippen molar-refractivity contribution < 1.29 is 9.59 Å². The lowest BCUT2D eigenvalue weighted by Crippen LogP contribution is -2.44. The Morgan fingerprint density at radius 2 is 2.15 bits per heavy atom. The summed E-state index contributed by atoms with van der Waals surface area (Å²) in [6, 6.07) is 4.70. The SMILES string of the molecule is CCC.N#C[C@H](CC1CCCNC1=O)NC(=O)CNCc1ccc[nH]c1=O. The standard InChI is InChI=1S/C16H21N5O3.C3H8/c17-8-13(7-11-3-1-5-19-15(11)23)21-14(22)10-18-9-12-4-2-6-20-16(12)24;1-3-2/h2,4,6,11,13,18H,1,3,5,7,9-10H2,(H,19,23)(H,20,24)(H,21,22);3H2,1-2H3/t11?,13-;/m0./s1. The Hall–Kier alpha value is -2.66. The maximum Gasteiger partial charge on any atom is 0.252 e. The monoisotopic (exact) mass is 375 g/mol. The van der Waals surface area contributed by atoms with Crippen LogP contribution < -0.4 is 21.5 Å². The van der Waals surface area contributed by atoms with E-state index < -0.39 is 6.04 Å². The van der Waals surface area contributed by atoms with Crippen LogP contribution in [0.4, 0.5) is 0 Å². The zero-order valence-corrected chi connectivity index (χ0v) is 16.0. The van der Waals surface area contributed by atoms with Crippen molar-refractivity contribution in [3.63, 3.8) is 0 Å². The lowest BCUT2D eigenvalue weighted by molar-refractivity contribution is -0.127. The largest absolute Gasteiger partial charge is 0.356 e. The third-order valence-electron chi connectivity index (χ3n) is 3.91. The summed E-state index contributed by atoms with van der Waals surface area (Å²) in [5.41, 5.74) is 0.324. The summed E-state index contributed by atoms with van der Waals surface area (Å²) < 4.78 is 0. The summed E-state index contributed by atoms with van der Waals surface area (Å²) in [6.07, 6.45) is 4.72. The molecule has 2 heterocycles. The molecule has 0 aliphatic carbocycles. The van der Waals surface area contributed by atoms with Gasteiger partial charge in [-0.15, -0.1) is 0 Å². The predicted molar refractivity (Wildman–Crippen MR) is 103 cm³/mol. The Morgan fingerprint density at radius 3 is 2.78 bits per heavy atom. The third-order valence-corrected chi connectivity index (χ3v) is 3.91. The van der Waals surface area contributed by atoms with Gasteiger partial charge in [-0.05, 0) is 25.3 Å². The molecular weight excluding hydrogens is 346 g/mol. The van der Waals surface area contributed by atoms with E-state index in [2.05, 4.69) is 34.8 Å². The van der Waals surface area contributed by atoms with Crippen molar-refractivity contribution in [2.24, 2.45) is 5.92 Å². The molecule has 0 saturated carbocycles. The highest BCUT2D eigenvalue weighted by Crippen LogP contribution is 2.17. The Kier molecular flexibility index (Phi) is 10.5. The molecule has 1 unspecified atom stereocenters. The molecule has 27 heavy (non-hydrogen) atoms. The van der Waals surface area contributed by atoms with Crippen LogP contribution in [0.5, 0.6) is 0 Å². The molecule has 1 fully saturated rings. The van der Waals surface area contributed by atoms with Crippen LogP contribution in [0.25, 0.3) is 0 Å². The number of carbonyl (C=O) groups excluding carboxylic acids is 2. The molecule has 0 spiro atoms. The minimum absolute atomic E-state index is 0.0105. The summed E-state index contributed by atoms with van der Waals surface area (Å²) in [5, 5.41) is 17.4. The molecule has 4 N–H and O–H groups in total. The molecule has 8 nitrogen and oxygen atoms in total. The van der Waals surface area contributed by atoms with Gasteiger partial charge >= 0.3 is 0 Å². The number of rotatable bonds is 7. The zero-order chi connectivity index (χ0) is 20.1. The number of hydrogen-bond acceptors (Lipinski definition) is 5. The van der Waals surface area contributed by atoms with Crippen LogP contribution >= 0.6 is 0 Å². The molecule has 1 aromatic heterocycles. The van der Waals surface area contributed by atoms with Gasteiger partial charge in [0.05, 0.1) is 12.6 Å². The van der Waals surface area contributed by atoms with E-state index in [9.17, 15) is 14.4 Å². The van der Waals surface area contributed by atoms with Crippen LogP contribution in [-0.4, -0.2) is 35.9 Å². The quantitative estimate of drug-likeness (QED) is 0.561. The van der Waals surface area contributed by atoms with E-state index in [4.69, 9.17) is 5.26 Å². The van der Waals surface area contributed by atoms with Gasteiger partial charge in [0, 0.05) is 30.8 Å². The molecule has 1 saturated heterocycles. The zero-order valence-electron chi connectivity index (χ0n) is 16.0.